The van der Waals surface area contributed by atoms with Crippen molar-refractivity contribution >= 4 is 15.9 Å². The number of ether oxygens (including phenoxy) is 1. The van der Waals surface area contributed by atoms with Crippen LogP contribution in [-0.2, 0) is 13.1 Å². The lowest BCUT2D eigenvalue weighted by atomic mass is 10.2. The predicted octanol–water partition coefficient (Wildman–Crippen LogP) is 2.49. The first-order valence-corrected chi connectivity index (χ1v) is 6.58. The van der Waals surface area contributed by atoms with Crippen molar-refractivity contribution in [3.63, 3.8) is 0 Å². The Balaban J connectivity index is 1.90. The maximum Gasteiger partial charge on any atom is 0.133 e. The van der Waals surface area contributed by atoms with Crippen molar-refractivity contribution in [3.05, 3.63) is 46.2 Å². The second-order valence-electron chi connectivity index (χ2n) is 4.10. The maximum atomic E-state index is 5.70. The fourth-order valence-electron chi connectivity index (χ4n) is 1.63. The highest BCUT2D eigenvalue weighted by Crippen LogP contribution is 2.25. The Morgan fingerprint density at radius 3 is 2.89 bits per heavy atom. The van der Waals surface area contributed by atoms with Crippen LogP contribution in [0.25, 0.3) is 0 Å². The van der Waals surface area contributed by atoms with E-state index in [0.29, 0.717) is 13.2 Å². The van der Waals surface area contributed by atoms with Crippen LogP contribution in [0.15, 0.2) is 35.1 Å². The molecule has 0 fully saturated rings. The molecule has 0 unspecified atom stereocenters. The second-order valence-corrected chi connectivity index (χ2v) is 4.95. The minimum Gasteiger partial charge on any atom is -0.490 e. The van der Waals surface area contributed by atoms with Crippen LogP contribution in [-0.4, -0.2) is 16.4 Å². The van der Waals surface area contributed by atoms with Crippen molar-refractivity contribution in [1.82, 2.24) is 9.78 Å². The molecular formula is C13H16BrN3O. The average molecular weight is 310 g/mol. The van der Waals surface area contributed by atoms with Gasteiger partial charge in [-0.3, -0.25) is 4.68 Å². The van der Waals surface area contributed by atoms with Crippen LogP contribution in [0.3, 0.4) is 0 Å². The van der Waals surface area contributed by atoms with E-state index in [9.17, 15) is 0 Å². The molecule has 0 spiro atoms. The van der Waals surface area contributed by atoms with Crippen LogP contribution in [0.1, 0.15) is 11.1 Å². The van der Waals surface area contributed by atoms with E-state index in [-0.39, 0.29) is 0 Å². The Kier molecular flexibility index (Phi) is 4.38. The van der Waals surface area contributed by atoms with Crippen LogP contribution < -0.4 is 10.5 Å². The predicted molar refractivity (Wildman–Crippen MR) is 74.5 cm³/mol. The van der Waals surface area contributed by atoms with Gasteiger partial charge in [0, 0.05) is 12.7 Å². The van der Waals surface area contributed by atoms with Crippen molar-refractivity contribution in [2.45, 2.75) is 20.0 Å². The smallest absolute Gasteiger partial charge is 0.133 e. The molecule has 1 aromatic heterocycles. The zero-order valence-electron chi connectivity index (χ0n) is 10.3. The van der Waals surface area contributed by atoms with Gasteiger partial charge in [0.25, 0.3) is 0 Å². The molecule has 0 bridgehead atoms. The molecule has 18 heavy (non-hydrogen) atoms. The molecule has 0 radical (unpaired) electrons. The van der Waals surface area contributed by atoms with Crippen molar-refractivity contribution in [2.75, 3.05) is 6.61 Å². The van der Waals surface area contributed by atoms with E-state index < -0.39 is 0 Å². The zero-order valence-corrected chi connectivity index (χ0v) is 11.9. The standard InChI is InChI=1S/C13H16BrN3O/c1-10-8-16-17(9-10)4-5-18-13-3-2-11(7-15)6-12(13)14/h2-3,6,8-9H,4-5,7,15H2,1H3. The largest absolute Gasteiger partial charge is 0.490 e. The number of rotatable bonds is 5. The number of halogens is 1. The van der Waals surface area contributed by atoms with Crippen LogP contribution in [0.5, 0.6) is 5.75 Å². The fraction of sp³-hybridized carbons (Fsp3) is 0.308. The molecule has 0 amide bonds. The van der Waals surface area contributed by atoms with Crippen LogP contribution in [0.4, 0.5) is 0 Å². The van der Waals surface area contributed by atoms with Gasteiger partial charge >= 0.3 is 0 Å². The monoisotopic (exact) mass is 309 g/mol. The summed E-state index contributed by atoms with van der Waals surface area (Å²) in [6.07, 6.45) is 3.84. The summed E-state index contributed by atoms with van der Waals surface area (Å²) in [5.41, 5.74) is 7.81. The number of aryl methyl sites for hydroxylation is 1. The summed E-state index contributed by atoms with van der Waals surface area (Å²) < 4.78 is 8.51. The summed E-state index contributed by atoms with van der Waals surface area (Å²) in [6.45, 7) is 3.87. The zero-order chi connectivity index (χ0) is 13.0. The van der Waals surface area contributed by atoms with Crippen molar-refractivity contribution < 1.29 is 4.74 Å². The van der Waals surface area contributed by atoms with E-state index in [1.54, 1.807) is 0 Å². The Hall–Kier alpha value is -1.33. The van der Waals surface area contributed by atoms with Gasteiger partial charge in [-0.15, -0.1) is 0 Å². The van der Waals surface area contributed by atoms with Gasteiger partial charge < -0.3 is 10.5 Å². The second kappa shape index (κ2) is 6.02. The summed E-state index contributed by atoms with van der Waals surface area (Å²) >= 11 is 3.48. The molecule has 4 nitrogen and oxygen atoms in total. The first-order chi connectivity index (χ1) is 8.69. The number of benzene rings is 1. The molecule has 0 aliphatic heterocycles. The van der Waals surface area contributed by atoms with Gasteiger partial charge in [-0.05, 0) is 46.1 Å². The van der Waals surface area contributed by atoms with Crippen LogP contribution in [0, 0.1) is 6.92 Å². The summed E-state index contributed by atoms with van der Waals surface area (Å²) in [5, 5.41) is 4.21. The first-order valence-electron chi connectivity index (χ1n) is 5.79. The summed E-state index contributed by atoms with van der Waals surface area (Å²) in [5.74, 6) is 0.830. The van der Waals surface area contributed by atoms with Crippen molar-refractivity contribution in [1.29, 1.82) is 0 Å². The highest BCUT2D eigenvalue weighted by Gasteiger charge is 2.02. The summed E-state index contributed by atoms with van der Waals surface area (Å²) in [4.78, 5) is 0. The van der Waals surface area contributed by atoms with E-state index in [4.69, 9.17) is 10.5 Å². The Bertz CT molecular complexity index is 525. The molecule has 2 N–H and O–H groups in total. The number of aromatic nitrogens is 2. The minimum atomic E-state index is 0.533. The molecule has 0 saturated carbocycles. The molecule has 5 heteroatoms. The first kappa shape index (κ1) is 13.1. The molecule has 0 aliphatic carbocycles. The SMILES string of the molecule is Cc1cnn(CCOc2ccc(CN)cc2Br)c1. The van der Waals surface area contributed by atoms with Crippen LogP contribution >= 0.6 is 15.9 Å². The Labute approximate surface area is 115 Å². The van der Waals surface area contributed by atoms with Crippen LogP contribution in [0.2, 0.25) is 0 Å². The number of hydrogen-bond acceptors (Lipinski definition) is 3. The van der Waals surface area contributed by atoms with E-state index in [1.165, 1.54) is 0 Å². The highest BCUT2D eigenvalue weighted by atomic mass is 79.9. The molecule has 96 valence electrons. The summed E-state index contributed by atoms with van der Waals surface area (Å²) in [6, 6.07) is 5.88. The Morgan fingerprint density at radius 1 is 1.44 bits per heavy atom. The molecular weight excluding hydrogens is 294 g/mol. The molecule has 0 saturated heterocycles. The van der Waals surface area contributed by atoms with Crippen molar-refractivity contribution in [2.24, 2.45) is 5.73 Å². The molecule has 0 aliphatic rings. The fourth-order valence-corrected chi connectivity index (χ4v) is 2.17. The third kappa shape index (κ3) is 3.34. The van der Waals surface area contributed by atoms with E-state index in [1.807, 2.05) is 42.2 Å². The lowest BCUT2D eigenvalue weighted by Crippen LogP contribution is -2.08. The molecule has 0 atom stereocenters. The van der Waals surface area contributed by atoms with Gasteiger partial charge in [-0.1, -0.05) is 6.07 Å². The molecule has 1 heterocycles. The maximum absolute atomic E-state index is 5.70. The quantitative estimate of drug-likeness (QED) is 0.923. The van der Waals surface area contributed by atoms with E-state index >= 15 is 0 Å². The highest BCUT2D eigenvalue weighted by molar-refractivity contribution is 9.10. The molecule has 2 rings (SSSR count). The van der Waals surface area contributed by atoms with Gasteiger partial charge in [-0.2, -0.15) is 5.10 Å². The normalized spacial score (nSPS) is 10.6. The number of hydrogen-bond donors (Lipinski definition) is 1. The Morgan fingerprint density at radius 2 is 2.28 bits per heavy atom. The third-order valence-corrected chi connectivity index (χ3v) is 3.19. The lowest BCUT2D eigenvalue weighted by molar-refractivity contribution is 0.289. The number of nitrogens with zero attached hydrogens (tertiary/aromatic N) is 2. The minimum absolute atomic E-state index is 0.533. The van der Waals surface area contributed by atoms with Gasteiger partial charge in [0.2, 0.25) is 0 Å². The van der Waals surface area contributed by atoms with Gasteiger partial charge in [0.15, 0.2) is 0 Å². The van der Waals surface area contributed by atoms with Gasteiger partial charge in [-0.25, -0.2) is 0 Å². The number of nitrogens with two attached hydrogens (primary N) is 1. The van der Waals surface area contributed by atoms with E-state index in [2.05, 4.69) is 21.0 Å². The van der Waals surface area contributed by atoms with E-state index in [0.717, 1.165) is 27.9 Å². The summed E-state index contributed by atoms with van der Waals surface area (Å²) in [7, 11) is 0. The molecule has 2 aromatic rings. The van der Waals surface area contributed by atoms with Gasteiger partial charge in [0.1, 0.15) is 12.4 Å². The van der Waals surface area contributed by atoms with Crippen molar-refractivity contribution in [3.8, 4) is 5.75 Å². The topological polar surface area (TPSA) is 53.1 Å². The molecule has 1 aromatic carbocycles. The average Bonchev–Trinajstić information content (AvgIpc) is 2.77. The van der Waals surface area contributed by atoms with Gasteiger partial charge in [0.05, 0.1) is 17.2 Å². The third-order valence-electron chi connectivity index (χ3n) is 2.57. The lowest BCUT2D eigenvalue weighted by Gasteiger charge is -2.09.